The zero-order valence-corrected chi connectivity index (χ0v) is 7.03. The number of aliphatic hydroxyl groups excluding tert-OH is 1. The smallest absolute Gasteiger partial charge is 0.0901 e. The van der Waals surface area contributed by atoms with Gasteiger partial charge in [0.1, 0.15) is 0 Å². The van der Waals surface area contributed by atoms with Crippen LogP contribution in [0.1, 0.15) is 22.5 Å². The fourth-order valence-corrected chi connectivity index (χ4v) is 1.80. The highest BCUT2D eigenvalue weighted by atomic mass is 32.1. The van der Waals surface area contributed by atoms with Crippen molar-refractivity contribution in [2.45, 2.75) is 26.9 Å². The van der Waals surface area contributed by atoms with E-state index in [1.54, 1.807) is 11.3 Å². The molecule has 0 aliphatic rings. The van der Waals surface area contributed by atoms with E-state index in [1.165, 1.54) is 0 Å². The Bertz CT molecular complexity index is 198. The lowest BCUT2D eigenvalue weighted by atomic mass is 10.3. The molecular formula is C7H11NOS. The van der Waals surface area contributed by atoms with Gasteiger partial charge in [0.25, 0.3) is 0 Å². The maximum Gasteiger partial charge on any atom is 0.0901 e. The summed E-state index contributed by atoms with van der Waals surface area (Å²) < 4.78 is 0. The lowest BCUT2D eigenvalue weighted by Gasteiger charge is -1.90. The van der Waals surface area contributed by atoms with Gasteiger partial charge in [-0.15, -0.1) is 11.3 Å². The fourth-order valence-electron chi connectivity index (χ4n) is 0.912. The van der Waals surface area contributed by atoms with Crippen molar-refractivity contribution in [3.05, 3.63) is 15.6 Å². The van der Waals surface area contributed by atoms with Gasteiger partial charge in [0.05, 0.1) is 22.2 Å². The second-order valence-electron chi connectivity index (χ2n) is 2.11. The molecule has 2 nitrogen and oxygen atoms in total. The van der Waals surface area contributed by atoms with Crippen LogP contribution in [0.2, 0.25) is 0 Å². The zero-order chi connectivity index (χ0) is 7.56. The third-order valence-corrected chi connectivity index (χ3v) is 2.36. The predicted octanol–water partition coefficient (Wildman–Crippen LogP) is 1.51. The molecule has 0 aliphatic carbocycles. The lowest BCUT2D eigenvalue weighted by molar-refractivity contribution is 0.284. The summed E-state index contributed by atoms with van der Waals surface area (Å²) in [4.78, 5) is 5.27. The SMILES string of the molecule is CCc1nc(C)sc1CO. The molecule has 0 saturated heterocycles. The Morgan fingerprint density at radius 3 is 2.70 bits per heavy atom. The van der Waals surface area contributed by atoms with Gasteiger partial charge in [0.15, 0.2) is 0 Å². The van der Waals surface area contributed by atoms with Crippen LogP contribution < -0.4 is 0 Å². The molecule has 0 aromatic carbocycles. The molecule has 0 atom stereocenters. The van der Waals surface area contributed by atoms with Crippen molar-refractivity contribution >= 4 is 11.3 Å². The fraction of sp³-hybridized carbons (Fsp3) is 0.571. The second kappa shape index (κ2) is 3.12. The number of aliphatic hydroxyl groups is 1. The van der Waals surface area contributed by atoms with Crippen molar-refractivity contribution in [2.75, 3.05) is 0 Å². The monoisotopic (exact) mass is 157 g/mol. The number of thiazole rings is 1. The molecule has 0 unspecified atom stereocenters. The summed E-state index contributed by atoms with van der Waals surface area (Å²) in [5.74, 6) is 0. The van der Waals surface area contributed by atoms with Crippen molar-refractivity contribution in [2.24, 2.45) is 0 Å². The summed E-state index contributed by atoms with van der Waals surface area (Å²) in [5, 5.41) is 9.88. The summed E-state index contributed by atoms with van der Waals surface area (Å²) in [7, 11) is 0. The van der Waals surface area contributed by atoms with Crippen LogP contribution in [0.3, 0.4) is 0 Å². The molecule has 0 fully saturated rings. The maximum absolute atomic E-state index is 8.83. The minimum Gasteiger partial charge on any atom is -0.391 e. The molecule has 0 amide bonds. The lowest BCUT2D eigenvalue weighted by Crippen LogP contribution is -1.86. The van der Waals surface area contributed by atoms with Crippen LogP contribution in [-0.4, -0.2) is 10.1 Å². The Hall–Kier alpha value is -0.410. The van der Waals surface area contributed by atoms with Gasteiger partial charge in [-0.3, -0.25) is 0 Å². The van der Waals surface area contributed by atoms with Crippen molar-refractivity contribution in [1.29, 1.82) is 0 Å². The van der Waals surface area contributed by atoms with E-state index in [2.05, 4.69) is 4.98 Å². The second-order valence-corrected chi connectivity index (χ2v) is 3.40. The maximum atomic E-state index is 8.83. The van der Waals surface area contributed by atoms with Crippen LogP contribution in [-0.2, 0) is 13.0 Å². The molecule has 0 radical (unpaired) electrons. The molecule has 1 aromatic rings. The van der Waals surface area contributed by atoms with E-state index >= 15 is 0 Å². The first kappa shape index (κ1) is 7.69. The van der Waals surface area contributed by atoms with Crippen LogP contribution >= 0.6 is 11.3 Å². The Labute approximate surface area is 64.5 Å². The van der Waals surface area contributed by atoms with E-state index in [1.807, 2.05) is 13.8 Å². The zero-order valence-electron chi connectivity index (χ0n) is 6.22. The molecule has 10 heavy (non-hydrogen) atoms. The van der Waals surface area contributed by atoms with Crippen LogP contribution in [0.4, 0.5) is 0 Å². The number of aromatic nitrogens is 1. The molecule has 0 aliphatic heterocycles. The highest BCUT2D eigenvalue weighted by molar-refractivity contribution is 7.11. The quantitative estimate of drug-likeness (QED) is 0.705. The molecule has 0 spiro atoms. The Morgan fingerprint density at radius 1 is 1.60 bits per heavy atom. The van der Waals surface area contributed by atoms with Gasteiger partial charge in [-0.1, -0.05) is 6.92 Å². The van der Waals surface area contributed by atoms with Gasteiger partial charge >= 0.3 is 0 Å². The summed E-state index contributed by atoms with van der Waals surface area (Å²) in [6, 6.07) is 0. The third-order valence-electron chi connectivity index (χ3n) is 1.36. The molecule has 1 N–H and O–H groups in total. The summed E-state index contributed by atoms with van der Waals surface area (Å²) in [5.41, 5.74) is 1.05. The summed E-state index contributed by atoms with van der Waals surface area (Å²) >= 11 is 1.58. The standard InChI is InChI=1S/C7H11NOS/c1-3-6-7(4-9)10-5(2)8-6/h9H,3-4H2,1-2H3. The molecule has 1 rings (SSSR count). The summed E-state index contributed by atoms with van der Waals surface area (Å²) in [6.07, 6.45) is 0.917. The first-order valence-corrected chi connectivity index (χ1v) is 4.15. The van der Waals surface area contributed by atoms with E-state index in [-0.39, 0.29) is 6.61 Å². The van der Waals surface area contributed by atoms with Crippen molar-refractivity contribution in [3.8, 4) is 0 Å². The van der Waals surface area contributed by atoms with Gasteiger partial charge in [0.2, 0.25) is 0 Å². The number of aryl methyl sites for hydroxylation is 2. The number of nitrogens with zero attached hydrogens (tertiary/aromatic N) is 1. The largest absolute Gasteiger partial charge is 0.391 e. The van der Waals surface area contributed by atoms with Gasteiger partial charge in [-0.05, 0) is 13.3 Å². The minimum atomic E-state index is 0.134. The normalized spacial score (nSPS) is 10.3. The summed E-state index contributed by atoms with van der Waals surface area (Å²) in [6.45, 7) is 4.14. The minimum absolute atomic E-state index is 0.134. The van der Waals surface area contributed by atoms with Gasteiger partial charge in [-0.25, -0.2) is 4.98 Å². The van der Waals surface area contributed by atoms with Crippen LogP contribution in [0.15, 0.2) is 0 Å². The number of rotatable bonds is 2. The highest BCUT2D eigenvalue weighted by Gasteiger charge is 2.04. The molecular weight excluding hydrogens is 146 g/mol. The first-order valence-electron chi connectivity index (χ1n) is 3.34. The molecule has 56 valence electrons. The molecule has 0 saturated carbocycles. The van der Waals surface area contributed by atoms with Crippen molar-refractivity contribution in [1.82, 2.24) is 4.98 Å². The van der Waals surface area contributed by atoms with Crippen LogP contribution in [0, 0.1) is 6.92 Å². The van der Waals surface area contributed by atoms with Crippen molar-refractivity contribution in [3.63, 3.8) is 0 Å². The molecule has 1 heterocycles. The predicted molar refractivity (Wildman–Crippen MR) is 42.2 cm³/mol. The topological polar surface area (TPSA) is 33.1 Å². The van der Waals surface area contributed by atoms with E-state index in [4.69, 9.17) is 5.11 Å². The van der Waals surface area contributed by atoms with Gasteiger partial charge < -0.3 is 5.11 Å². The van der Waals surface area contributed by atoms with E-state index < -0.39 is 0 Å². The Morgan fingerprint density at radius 2 is 2.30 bits per heavy atom. The van der Waals surface area contributed by atoms with E-state index in [0.29, 0.717) is 0 Å². The Kier molecular flexibility index (Phi) is 2.40. The molecule has 1 aromatic heterocycles. The average molecular weight is 157 g/mol. The Balaban J connectivity index is 2.96. The number of hydrogen-bond donors (Lipinski definition) is 1. The highest BCUT2D eigenvalue weighted by Crippen LogP contribution is 2.17. The molecule has 3 heteroatoms. The van der Waals surface area contributed by atoms with Gasteiger partial charge in [0, 0.05) is 0 Å². The van der Waals surface area contributed by atoms with Crippen LogP contribution in [0.5, 0.6) is 0 Å². The van der Waals surface area contributed by atoms with Gasteiger partial charge in [-0.2, -0.15) is 0 Å². The van der Waals surface area contributed by atoms with E-state index in [9.17, 15) is 0 Å². The average Bonchev–Trinajstić information content (AvgIpc) is 2.30. The van der Waals surface area contributed by atoms with Crippen LogP contribution in [0.25, 0.3) is 0 Å². The third kappa shape index (κ3) is 1.36. The van der Waals surface area contributed by atoms with E-state index in [0.717, 1.165) is 22.0 Å². The number of hydrogen-bond acceptors (Lipinski definition) is 3. The molecule has 0 bridgehead atoms. The first-order chi connectivity index (χ1) is 4.77. The van der Waals surface area contributed by atoms with Crippen molar-refractivity contribution < 1.29 is 5.11 Å².